The summed E-state index contributed by atoms with van der Waals surface area (Å²) >= 11 is 0. The van der Waals surface area contributed by atoms with Crippen LogP contribution in [0.3, 0.4) is 0 Å². The number of aliphatic hydroxyl groups is 4. The fourth-order valence-electron chi connectivity index (χ4n) is 2.14. The van der Waals surface area contributed by atoms with E-state index in [-0.39, 0.29) is 75.6 Å². The van der Waals surface area contributed by atoms with Gasteiger partial charge in [0.2, 0.25) is 0 Å². The van der Waals surface area contributed by atoms with E-state index in [0.29, 0.717) is 0 Å². The third-order valence-corrected chi connectivity index (χ3v) is 3.15. The summed E-state index contributed by atoms with van der Waals surface area (Å²) in [6.45, 7) is -0.412. The van der Waals surface area contributed by atoms with E-state index in [1.165, 1.54) is 9.80 Å². The Labute approximate surface area is 139 Å². The minimum Gasteiger partial charge on any atom is -0.395 e. The molecule has 0 amide bonds. The molecule has 1 rings (SSSR count). The average Bonchev–Trinajstić information content (AvgIpc) is 2.60. The molecule has 0 saturated carbocycles. The highest BCUT2D eigenvalue weighted by molar-refractivity contribution is 5.60. The lowest BCUT2D eigenvalue weighted by molar-refractivity contribution is 0.280. The number of hydrogen-bond donors (Lipinski definition) is 4. The van der Waals surface area contributed by atoms with Crippen molar-refractivity contribution in [2.45, 2.75) is 0 Å². The third kappa shape index (κ3) is 4.75. The maximum absolute atomic E-state index is 9.25. The highest BCUT2D eigenvalue weighted by Crippen LogP contribution is 2.23. The Hall–Kier alpha value is -2.50. The van der Waals surface area contributed by atoms with Crippen molar-refractivity contribution in [3.63, 3.8) is 0 Å². The lowest BCUT2D eigenvalue weighted by atomic mass is 10.3. The zero-order valence-electron chi connectivity index (χ0n) is 13.1. The van der Waals surface area contributed by atoms with Gasteiger partial charge in [-0.3, -0.25) is 0 Å². The van der Waals surface area contributed by atoms with Gasteiger partial charge in [-0.2, -0.15) is 10.5 Å². The van der Waals surface area contributed by atoms with Gasteiger partial charge < -0.3 is 30.2 Å². The molecule has 0 aliphatic heterocycles. The van der Waals surface area contributed by atoms with Crippen LogP contribution >= 0.6 is 0 Å². The number of anilines is 2. The van der Waals surface area contributed by atoms with Crippen molar-refractivity contribution in [2.24, 2.45) is 0 Å². The molecule has 1 heterocycles. The van der Waals surface area contributed by atoms with Crippen molar-refractivity contribution >= 4 is 11.6 Å². The third-order valence-electron chi connectivity index (χ3n) is 3.15. The summed E-state index contributed by atoms with van der Waals surface area (Å²) < 4.78 is 0. The van der Waals surface area contributed by atoms with Gasteiger partial charge in [0.1, 0.15) is 12.1 Å². The standard InChI is InChI=1S/C14H20N6O4/c15-9-11-13(19(1-5-21)2-6-22)18-14(12(10-16)17-11)20(3-7-23)4-8-24/h21-24H,1-8H2. The van der Waals surface area contributed by atoms with Crippen molar-refractivity contribution in [1.29, 1.82) is 10.5 Å². The van der Waals surface area contributed by atoms with Crippen LogP contribution in [0.4, 0.5) is 11.6 Å². The predicted octanol–water partition coefficient (Wildman–Crippen LogP) is -2.20. The van der Waals surface area contributed by atoms with Crippen molar-refractivity contribution in [1.82, 2.24) is 9.97 Å². The molecule has 0 atom stereocenters. The second-order valence-electron chi connectivity index (χ2n) is 4.66. The van der Waals surface area contributed by atoms with Crippen LogP contribution in [0.2, 0.25) is 0 Å². The molecule has 0 bridgehead atoms. The monoisotopic (exact) mass is 336 g/mol. The SMILES string of the molecule is N#Cc1nc(C#N)c(N(CCO)CCO)nc1N(CCO)CCO. The van der Waals surface area contributed by atoms with Crippen LogP contribution in [0.25, 0.3) is 0 Å². The molecule has 0 aliphatic rings. The lowest BCUT2D eigenvalue weighted by Crippen LogP contribution is -2.35. The molecule has 0 aromatic carbocycles. The van der Waals surface area contributed by atoms with E-state index in [9.17, 15) is 10.5 Å². The van der Waals surface area contributed by atoms with Gasteiger partial charge in [-0.15, -0.1) is 0 Å². The summed E-state index contributed by atoms with van der Waals surface area (Å²) in [6, 6.07) is 3.70. The smallest absolute Gasteiger partial charge is 0.184 e. The summed E-state index contributed by atoms with van der Waals surface area (Å²) in [5.74, 6) is 0.242. The zero-order chi connectivity index (χ0) is 17.9. The minimum absolute atomic E-state index is 0.106. The summed E-state index contributed by atoms with van der Waals surface area (Å²) in [5.41, 5.74) is -0.213. The van der Waals surface area contributed by atoms with Gasteiger partial charge in [-0.1, -0.05) is 0 Å². The molecule has 130 valence electrons. The lowest BCUT2D eigenvalue weighted by Gasteiger charge is -2.26. The van der Waals surface area contributed by atoms with Gasteiger partial charge >= 0.3 is 0 Å². The first kappa shape index (κ1) is 19.5. The van der Waals surface area contributed by atoms with E-state index in [1.54, 1.807) is 0 Å². The van der Waals surface area contributed by atoms with Crippen molar-refractivity contribution in [3.05, 3.63) is 11.4 Å². The molecule has 0 unspecified atom stereocenters. The maximum atomic E-state index is 9.25. The number of aromatic nitrogens is 2. The van der Waals surface area contributed by atoms with Crippen LogP contribution in [0.1, 0.15) is 11.4 Å². The Morgan fingerprint density at radius 3 is 1.25 bits per heavy atom. The van der Waals surface area contributed by atoms with Gasteiger partial charge in [-0.25, -0.2) is 9.97 Å². The fourth-order valence-corrected chi connectivity index (χ4v) is 2.14. The highest BCUT2D eigenvalue weighted by atomic mass is 16.3. The zero-order valence-corrected chi connectivity index (χ0v) is 13.1. The number of nitriles is 2. The van der Waals surface area contributed by atoms with Gasteiger partial charge in [0.25, 0.3) is 0 Å². The Bertz CT molecular complexity index is 551. The van der Waals surface area contributed by atoms with E-state index in [1.807, 2.05) is 12.1 Å². The Morgan fingerprint density at radius 1 is 0.667 bits per heavy atom. The maximum Gasteiger partial charge on any atom is 0.184 e. The van der Waals surface area contributed by atoms with Crippen LogP contribution in [0, 0.1) is 22.7 Å². The molecule has 0 fully saturated rings. The molecular formula is C14H20N6O4. The molecule has 24 heavy (non-hydrogen) atoms. The molecule has 10 nitrogen and oxygen atoms in total. The molecule has 0 radical (unpaired) electrons. The van der Waals surface area contributed by atoms with E-state index < -0.39 is 0 Å². The number of nitrogens with zero attached hydrogens (tertiary/aromatic N) is 6. The van der Waals surface area contributed by atoms with Crippen LogP contribution in [-0.4, -0.2) is 83.0 Å². The molecule has 1 aromatic heterocycles. The first-order chi connectivity index (χ1) is 11.7. The van der Waals surface area contributed by atoms with Crippen LogP contribution in [-0.2, 0) is 0 Å². The van der Waals surface area contributed by atoms with Crippen molar-refractivity contribution in [2.75, 3.05) is 62.4 Å². The first-order valence-corrected chi connectivity index (χ1v) is 7.32. The topological polar surface area (TPSA) is 161 Å². The Balaban J connectivity index is 3.45. The minimum atomic E-state index is -0.223. The molecule has 0 aliphatic carbocycles. The number of hydrogen-bond acceptors (Lipinski definition) is 10. The molecule has 1 aromatic rings. The van der Waals surface area contributed by atoms with E-state index in [2.05, 4.69) is 9.97 Å². The van der Waals surface area contributed by atoms with Crippen LogP contribution in [0.5, 0.6) is 0 Å². The molecule has 0 saturated heterocycles. The first-order valence-electron chi connectivity index (χ1n) is 7.32. The summed E-state index contributed by atoms with van der Waals surface area (Å²) in [7, 11) is 0. The fraction of sp³-hybridized carbons (Fsp3) is 0.571. The van der Waals surface area contributed by atoms with Gasteiger partial charge in [-0.05, 0) is 0 Å². The van der Waals surface area contributed by atoms with E-state index in [4.69, 9.17) is 20.4 Å². The second-order valence-corrected chi connectivity index (χ2v) is 4.66. The van der Waals surface area contributed by atoms with Gasteiger partial charge in [0, 0.05) is 26.2 Å². The Morgan fingerprint density at radius 2 is 1.00 bits per heavy atom. The predicted molar refractivity (Wildman–Crippen MR) is 84.2 cm³/mol. The van der Waals surface area contributed by atoms with Crippen molar-refractivity contribution < 1.29 is 20.4 Å². The number of aliphatic hydroxyl groups excluding tert-OH is 4. The summed E-state index contributed by atoms with van der Waals surface area (Å²) in [4.78, 5) is 11.2. The second kappa shape index (κ2) is 10.3. The van der Waals surface area contributed by atoms with Gasteiger partial charge in [0.05, 0.1) is 26.4 Å². The summed E-state index contributed by atoms with van der Waals surface area (Å²) in [6.07, 6.45) is 0. The molecule has 4 N–H and O–H groups in total. The van der Waals surface area contributed by atoms with E-state index in [0.717, 1.165) is 0 Å². The van der Waals surface area contributed by atoms with E-state index >= 15 is 0 Å². The van der Waals surface area contributed by atoms with Gasteiger partial charge in [0.15, 0.2) is 23.0 Å². The van der Waals surface area contributed by atoms with Crippen LogP contribution in [0.15, 0.2) is 0 Å². The average molecular weight is 336 g/mol. The van der Waals surface area contributed by atoms with Crippen molar-refractivity contribution in [3.8, 4) is 12.1 Å². The normalized spacial score (nSPS) is 10.1. The van der Waals surface area contributed by atoms with Crippen LogP contribution < -0.4 is 9.80 Å². The molecule has 0 spiro atoms. The quantitative estimate of drug-likeness (QED) is 0.369. The largest absolute Gasteiger partial charge is 0.395 e. The highest BCUT2D eigenvalue weighted by Gasteiger charge is 2.21. The number of rotatable bonds is 10. The molecular weight excluding hydrogens is 316 g/mol. The molecule has 10 heteroatoms. The summed E-state index contributed by atoms with van der Waals surface area (Å²) in [5, 5.41) is 55.1. The Kier molecular flexibility index (Phi) is 8.39.